The third-order valence-corrected chi connectivity index (χ3v) is 8.39. The Morgan fingerprint density at radius 3 is 2.81 bits per heavy atom. The Balaban J connectivity index is 1.33. The molecule has 3 unspecified atom stereocenters. The number of fused-ring (bicyclic) bond motifs is 3. The first-order valence-electron chi connectivity index (χ1n) is 12.6. The predicted molar refractivity (Wildman–Crippen MR) is 143 cm³/mol. The van der Waals surface area contributed by atoms with Gasteiger partial charge in [0.2, 0.25) is 10.0 Å². The lowest BCUT2D eigenvalue weighted by Crippen LogP contribution is -2.44. The van der Waals surface area contributed by atoms with Crippen LogP contribution in [0.15, 0.2) is 30.5 Å². The molecule has 5 heterocycles. The number of hydrogen-bond acceptors (Lipinski definition) is 7. The maximum Gasteiger partial charge on any atom is 0.256 e. The van der Waals surface area contributed by atoms with E-state index >= 15 is 0 Å². The fraction of sp³-hybridized carbons (Fsp3) is 0.480. The molecule has 3 aliphatic heterocycles. The van der Waals surface area contributed by atoms with Gasteiger partial charge in [0.15, 0.2) is 5.65 Å². The monoisotopic (exact) mass is 543 g/mol. The first-order chi connectivity index (χ1) is 17.7. The van der Waals surface area contributed by atoms with Crippen LogP contribution in [0.4, 0.5) is 11.5 Å². The zero-order chi connectivity index (χ0) is 25.9. The maximum atomic E-state index is 13.8. The van der Waals surface area contributed by atoms with Gasteiger partial charge in [0, 0.05) is 54.6 Å². The van der Waals surface area contributed by atoms with E-state index in [1.165, 1.54) is 12.1 Å². The summed E-state index contributed by atoms with van der Waals surface area (Å²) in [5.41, 5.74) is 3.05. The summed E-state index contributed by atoms with van der Waals surface area (Å²) in [6.07, 6.45) is 6.81. The van der Waals surface area contributed by atoms with E-state index in [-0.39, 0.29) is 23.2 Å². The molecule has 3 aliphatic rings. The van der Waals surface area contributed by atoms with Gasteiger partial charge < -0.3 is 15.1 Å². The highest BCUT2D eigenvalue weighted by Crippen LogP contribution is 2.35. The van der Waals surface area contributed by atoms with Gasteiger partial charge in [-0.25, -0.2) is 17.9 Å². The Kier molecular flexibility index (Phi) is 6.04. The molecular formula is C25H30ClN7O3S. The fourth-order valence-corrected chi connectivity index (χ4v) is 6.66. The molecule has 10 nitrogen and oxygen atoms in total. The first-order valence-corrected chi connectivity index (χ1v) is 14.9. The number of aromatic nitrogens is 3. The van der Waals surface area contributed by atoms with Crippen LogP contribution in [-0.4, -0.2) is 71.8 Å². The molecule has 6 rings (SSSR count). The minimum atomic E-state index is -3.57. The van der Waals surface area contributed by atoms with Crippen molar-refractivity contribution >= 4 is 44.7 Å². The zero-order valence-electron chi connectivity index (χ0n) is 20.8. The summed E-state index contributed by atoms with van der Waals surface area (Å²) in [6, 6.07) is 7.33. The number of carbonyl (C=O) groups is 1. The van der Waals surface area contributed by atoms with Crippen LogP contribution >= 0.6 is 11.6 Å². The van der Waals surface area contributed by atoms with E-state index in [1.54, 1.807) is 15.5 Å². The smallest absolute Gasteiger partial charge is 0.256 e. The van der Waals surface area contributed by atoms with Crippen molar-refractivity contribution in [2.75, 3.05) is 35.5 Å². The van der Waals surface area contributed by atoms with Gasteiger partial charge in [0.1, 0.15) is 5.82 Å². The average molecular weight is 544 g/mol. The van der Waals surface area contributed by atoms with Gasteiger partial charge in [-0.15, -0.1) is 0 Å². The van der Waals surface area contributed by atoms with Crippen LogP contribution in [0.3, 0.4) is 0 Å². The van der Waals surface area contributed by atoms with Crippen molar-refractivity contribution in [2.45, 2.75) is 50.7 Å². The van der Waals surface area contributed by atoms with Crippen LogP contribution in [0, 0.1) is 6.92 Å². The summed E-state index contributed by atoms with van der Waals surface area (Å²) in [4.78, 5) is 22.9. The molecule has 1 aromatic carbocycles. The number of piperazine rings is 1. The van der Waals surface area contributed by atoms with Crippen molar-refractivity contribution < 1.29 is 13.2 Å². The fourth-order valence-electron chi connectivity index (χ4n) is 5.91. The van der Waals surface area contributed by atoms with E-state index in [0.29, 0.717) is 23.7 Å². The number of hydrogen-bond donors (Lipinski definition) is 2. The van der Waals surface area contributed by atoms with Gasteiger partial charge in [0.25, 0.3) is 5.91 Å². The van der Waals surface area contributed by atoms with Crippen molar-refractivity contribution in [3.05, 3.63) is 52.3 Å². The van der Waals surface area contributed by atoms with Gasteiger partial charge in [-0.1, -0.05) is 11.6 Å². The Morgan fingerprint density at radius 2 is 2.08 bits per heavy atom. The van der Waals surface area contributed by atoms with E-state index in [1.807, 2.05) is 12.3 Å². The Bertz CT molecular complexity index is 1490. The van der Waals surface area contributed by atoms with Crippen LogP contribution in [0.5, 0.6) is 0 Å². The predicted octanol–water partition coefficient (Wildman–Crippen LogP) is 2.98. The Morgan fingerprint density at radius 1 is 1.24 bits per heavy atom. The molecule has 37 heavy (non-hydrogen) atoms. The number of piperidine rings is 1. The highest BCUT2D eigenvalue weighted by atomic mass is 35.5. The van der Waals surface area contributed by atoms with Crippen LogP contribution in [-0.2, 0) is 10.0 Å². The minimum Gasteiger partial charge on any atom is -0.350 e. The number of sulfonamides is 1. The van der Waals surface area contributed by atoms with Crippen molar-refractivity contribution in [3.8, 4) is 0 Å². The van der Waals surface area contributed by atoms with Crippen molar-refractivity contribution in [1.29, 1.82) is 0 Å². The lowest BCUT2D eigenvalue weighted by molar-refractivity contribution is 0.0607. The second kappa shape index (κ2) is 9.14. The minimum absolute atomic E-state index is 0.215. The summed E-state index contributed by atoms with van der Waals surface area (Å²) in [5, 5.41) is 8.73. The van der Waals surface area contributed by atoms with Gasteiger partial charge in [-0.3, -0.25) is 9.52 Å². The summed E-state index contributed by atoms with van der Waals surface area (Å²) in [7, 11) is -3.57. The number of benzene rings is 1. The number of aryl methyl sites for hydroxylation is 1. The molecule has 0 aliphatic carbocycles. The number of halogens is 1. The van der Waals surface area contributed by atoms with E-state index in [0.717, 1.165) is 67.8 Å². The molecule has 3 fully saturated rings. The number of anilines is 2. The van der Waals surface area contributed by atoms with Gasteiger partial charge >= 0.3 is 0 Å². The SMILES string of the molecule is Cc1cn2nc(C3CCCCN3C(=O)c3cc(Cl)ccc3NS(C)(=O)=O)cc2nc1N1CC2CC1CN2. The van der Waals surface area contributed by atoms with Crippen LogP contribution in [0.1, 0.15) is 53.3 Å². The molecule has 2 N–H and O–H groups in total. The van der Waals surface area contributed by atoms with Crippen LogP contribution in [0.25, 0.3) is 5.65 Å². The molecule has 0 spiro atoms. The van der Waals surface area contributed by atoms with E-state index < -0.39 is 10.0 Å². The lowest BCUT2D eigenvalue weighted by Gasteiger charge is -2.35. The van der Waals surface area contributed by atoms with Crippen molar-refractivity contribution in [2.24, 2.45) is 0 Å². The molecule has 0 radical (unpaired) electrons. The van der Waals surface area contributed by atoms with E-state index in [9.17, 15) is 13.2 Å². The molecule has 3 aromatic rings. The zero-order valence-corrected chi connectivity index (χ0v) is 22.4. The summed E-state index contributed by atoms with van der Waals surface area (Å²) in [6.45, 7) is 4.56. The maximum absolute atomic E-state index is 13.8. The molecular weight excluding hydrogens is 514 g/mol. The molecule has 3 atom stereocenters. The summed E-state index contributed by atoms with van der Waals surface area (Å²) in [5.74, 6) is 0.723. The number of rotatable bonds is 5. The topological polar surface area (TPSA) is 112 Å². The number of nitrogens with zero attached hydrogens (tertiary/aromatic N) is 5. The third-order valence-electron chi connectivity index (χ3n) is 7.57. The average Bonchev–Trinajstić information content (AvgIpc) is 3.59. The Labute approximate surface area is 221 Å². The summed E-state index contributed by atoms with van der Waals surface area (Å²) >= 11 is 6.20. The van der Waals surface area contributed by atoms with Crippen LogP contribution < -0.4 is 14.9 Å². The van der Waals surface area contributed by atoms with Gasteiger partial charge in [0.05, 0.1) is 29.2 Å². The van der Waals surface area contributed by atoms with Crippen molar-refractivity contribution in [3.63, 3.8) is 0 Å². The van der Waals surface area contributed by atoms with E-state index in [4.69, 9.17) is 21.7 Å². The highest BCUT2D eigenvalue weighted by molar-refractivity contribution is 7.92. The first kappa shape index (κ1) is 24.4. The number of carbonyl (C=O) groups excluding carboxylic acids is 1. The molecule has 196 valence electrons. The molecule has 2 aromatic heterocycles. The quantitative estimate of drug-likeness (QED) is 0.509. The molecule has 3 saturated heterocycles. The van der Waals surface area contributed by atoms with Gasteiger partial charge in [-0.2, -0.15) is 5.10 Å². The third kappa shape index (κ3) is 4.64. The lowest BCUT2D eigenvalue weighted by atomic mass is 9.98. The standard InChI is InChI=1S/C25H30ClN7O3S/c1-15-13-33-23(28-24(15)32-14-17-10-18(32)12-27-17)11-21(29-33)22-5-3-4-8-31(22)25(34)19-9-16(26)6-7-20(19)30-37(2,35)36/h6-7,9,11,13,17-18,22,27,30H,3-5,8,10,12,14H2,1-2H3. The molecule has 12 heteroatoms. The number of nitrogens with one attached hydrogen (secondary N) is 2. The van der Waals surface area contributed by atoms with E-state index in [2.05, 4.69) is 21.9 Å². The molecule has 1 amide bonds. The largest absolute Gasteiger partial charge is 0.350 e. The number of likely N-dealkylation sites (tertiary alicyclic amines) is 1. The number of amides is 1. The second-order valence-corrected chi connectivity index (χ2v) is 12.5. The molecule has 0 saturated carbocycles. The van der Waals surface area contributed by atoms with Crippen molar-refractivity contribution in [1.82, 2.24) is 24.8 Å². The summed E-state index contributed by atoms with van der Waals surface area (Å²) < 4.78 is 28.1. The Hall–Kier alpha value is -2.89. The van der Waals surface area contributed by atoms with Crippen LogP contribution in [0.2, 0.25) is 5.02 Å². The normalized spacial score (nSPS) is 23.7. The molecule has 2 bridgehead atoms. The van der Waals surface area contributed by atoms with Gasteiger partial charge in [-0.05, 0) is 50.8 Å². The second-order valence-electron chi connectivity index (χ2n) is 10.3. The highest BCUT2D eigenvalue weighted by Gasteiger charge is 2.39.